The molecule has 9 heteroatoms. The first kappa shape index (κ1) is 70.9. The van der Waals surface area contributed by atoms with Crippen molar-refractivity contribution in [3.63, 3.8) is 0 Å². The summed E-state index contributed by atoms with van der Waals surface area (Å²) in [6.45, 7) is 3.64. The number of allylic oxidation sites excluding steroid dienone is 17. The molecule has 1 heterocycles. The van der Waals surface area contributed by atoms with Crippen LogP contribution in [0.2, 0.25) is 0 Å². The maximum absolute atomic E-state index is 13.1. The van der Waals surface area contributed by atoms with Crippen LogP contribution in [0.25, 0.3) is 0 Å². The minimum atomic E-state index is -1.59. The van der Waals surface area contributed by atoms with Crippen molar-refractivity contribution in [1.29, 1.82) is 0 Å². The number of rotatable bonds is 52. The number of carbonyl (C=O) groups is 1. The van der Waals surface area contributed by atoms with E-state index in [0.29, 0.717) is 12.8 Å². The quantitative estimate of drug-likeness (QED) is 0.0261. The first-order chi connectivity index (χ1) is 37.3. The SMILES string of the molecule is CC/C=C\C/C=C\C/C=C\C/C=C\C/C=C\C/C=C\CCCCCCC(=O)NC(COC1OC(CO)C(O)C(O)C1O)C(O)/C=C/CC/C=C/CC/C=C/CCCCCCCCCCCCCCCCCCCCCC. The van der Waals surface area contributed by atoms with Gasteiger partial charge in [-0.3, -0.25) is 4.79 Å². The van der Waals surface area contributed by atoms with Crippen LogP contribution in [0.1, 0.15) is 251 Å². The van der Waals surface area contributed by atoms with Gasteiger partial charge >= 0.3 is 0 Å². The van der Waals surface area contributed by atoms with Gasteiger partial charge in [0.2, 0.25) is 5.91 Å². The van der Waals surface area contributed by atoms with Crippen LogP contribution in [0.3, 0.4) is 0 Å². The van der Waals surface area contributed by atoms with Gasteiger partial charge in [0.05, 0.1) is 25.4 Å². The van der Waals surface area contributed by atoms with Crippen molar-refractivity contribution in [3.8, 4) is 0 Å². The Labute approximate surface area is 466 Å². The van der Waals surface area contributed by atoms with Crippen LogP contribution in [-0.4, -0.2) is 87.5 Å². The topological polar surface area (TPSA) is 149 Å². The van der Waals surface area contributed by atoms with E-state index in [1.54, 1.807) is 6.08 Å². The molecule has 1 amide bonds. The van der Waals surface area contributed by atoms with Crippen molar-refractivity contribution < 1.29 is 39.8 Å². The number of unbranched alkanes of at least 4 members (excludes halogenated alkanes) is 26. The minimum Gasteiger partial charge on any atom is -0.394 e. The maximum Gasteiger partial charge on any atom is 0.220 e. The van der Waals surface area contributed by atoms with Crippen LogP contribution >= 0.6 is 0 Å². The summed E-state index contributed by atoms with van der Waals surface area (Å²) in [7, 11) is 0. The van der Waals surface area contributed by atoms with Crippen LogP contribution in [0, 0.1) is 0 Å². The van der Waals surface area contributed by atoms with Gasteiger partial charge in [-0.15, -0.1) is 0 Å². The van der Waals surface area contributed by atoms with E-state index in [0.717, 1.165) is 96.3 Å². The molecule has 76 heavy (non-hydrogen) atoms. The van der Waals surface area contributed by atoms with E-state index in [9.17, 15) is 30.3 Å². The van der Waals surface area contributed by atoms with Gasteiger partial charge in [0.25, 0.3) is 0 Å². The molecule has 0 aromatic rings. The van der Waals surface area contributed by atoms with Gasteiger partial charge in [-0.2, -0.15) is 0 Å². The highest BCUT2D eigenvalue weighted by molar-refractivity contribution is 5.76. The van der Waals surface area contributed by atoms with Crippen molar-refractivity contribution >= 4 is 5.91 Å². The predicted octanol–water partition coefficient (Wildman–Crippen LogP) is 16.1. The van der Waals surface area contributed by atoms with Crippen molar-refractivity contribution in [2.75, 3.05) is 13.2 Å². The fourth-order valence-electron chi connectivity index (χ4n) is 9.19. The highest BCUT2D eigenvalue weighted by Crippen LogP contribution is 2.23. The molecule has 6 N–H and O–H groups in total. The lowest BCUT2D eigenvalue weighted by Gasteiger charge is -2.40. The summed E-state index contributed by atoms with van der Waals surface area (Å²) in [5, 5.41) is 54.5. The molecule has 0 aliphatic carbocycles. The number of aliphatic hydroxyl groups is 5. The summed E-state index contributed by atoms with van der Waals surface area (Å²) in [4.78, 5) is 13.1. The van der Waals surface area contributed by atoms with Crippen molar-refractivity contribution in [2.24, 2.45) is 0 Å². The zero-order valence-electron chi connectivity index (χ0n) is 48.5. The summed E-state index contributed by atoms with van der Waals surface area (Å²) in [6.07, 6.45) is 74.6. The van der Waals surface area contributed by atoms with Crippen LogP contribution in [0.15, 0.2) is 109 Å². The third-order valence-corrected chi connectivity index (χ3v) is 14.1. The third kappa shape index (κ3) is 43.8. The summed E-state index contributed by atoms with van der Waals surface area (Å²) >= 11 is 0. The van der Waals surface area contributed by atoms with Gasteiger partial charge in [-0.1, -0.05) is 258 Å². The maximum atomic E-state index is 13.1. The van der Waals surface area contributed by atoms with Gasteiger partial charge < -0.3 is 40.3 Å². The highest BCUT2D eigenvalue weighted by atomic mass is 16.7. The van der Waals surface area contributed by atoms with E-state index in [1.165, 1.54) is 128 Å². The molecule has 0 bridgehead atoms. The number of ether oxygens (including phenoxy) is 2. The molecule has 0 aromatic carbocycles. The van der Waals surface area contributed by atoms with E-state index >= 15 is 0 Å². The second-order valence-electron chi connectivity index (χ2n) is 21.1. The Hall–Kier alpha value is -3.15. The Morgan fingerprint density at radius 2 is 0.829 bits per heavy atom. The Balaban J connectivity index is 2.26. The number of aliphatic hydroxyl groups excluding tert-OH is 5. The van der Waals surface area contributed by atoms with Crippen molar-refractivity contribution in [3.05, 3.63) is 109 Å². The summed E-state index contributed by atoms with van der Waals surface area (Å²) in [6, 6.07) is -0.852. The molecule has 1 rings (SSSR count). The molecule has 9 nitrogen and oxygen atoms in total. The standard InChI is InChI=1S/C67H115NO8/c1-3-5-7-9-11-13-15-17-19-21-23-25-27-28-29-30-31-32-33-35-36-38-40-42-44-46-48-50-52-54-56-61(70)60(59-75-67-66(74)65(73)64(72)62(58-69)76-67)68-63(71)57-55-53-51-49-47-45-43-41-39-37-34-26-24-22-20-18-16-14-12-10-8-6-4-2/h6,8,12,14,18,20,24,26,37-40,43,45-46,48,54,56,60-62,64-67,69-70,72-74H,3-5,7,9-11,13,15-17,19,21-23,25,27-36,41-42,44,47,49-53,55,57-59H2,1-2H3,(H,68,71)/b8-6-,14-12-,20-18-,26-24-,39-37-,40-38+,45-43-,48-46+,56-54+. The average molecular weight is 1060 g/mol. The smallest absolute Gasteiger partial charge is 0.220 e. The molecule has 1 saturated heterocycles. The van der Waals surface area contributed by atoms with E-state index in [-0.39, 0.29) is 12.5 Å². The third-order valence-electron chi connectivity index (χ3n) is 14.1. The molecule has 436 valence electrons. The van der Waals surface area contributed by atoms with Crippen LogP contribution in [0.4, 0.5) is 0 Å². The Morgan fingerprint density at radius 3 is 1.26 bits per heavy atom. The van der Waals surface area contributed by atoms with Crippen molar-refractivity contribution in [1.82, 2.24) is 5.32 Å². The van der Waals surface area contributed by atoms with Gasteiger partial charge in [-0.05, 0) is 96.3 Å². The summed E-state index contributed by atoms with van der Waals surface area (Å²) < 4.78 is 11.3. The Kier molecular flexibility index (Phi) is 51.4. The molecule has 0 spiro atoms. The van der Waals surface area contributed by atoms with E-state index in [1.807, 2.05) is 6.08 Å². The highest BCUT2D eigenvalue weighted by Gasteiger charge is 2.44. The first-order valence-corrected chi connectivity index (χ1v) is 31.1. The minimum absolute atomic E-state index is 0.218. The van der Waals surface area contributed by atoms with Gasteiger partial charge in [0.15, 0.2) is 6.29 Å². The number of nitrogens with one attached hydrogen (secondary N) is 1. The Bertz CT molecular complexity index is 1560. The molecule has 1 aliphatic rings. The largest absolute Gasteiger partial charge is 0.394 e. The Morgan fingerprint density at radius 1 is 0.461 bits per heavy atom. The van der Waals surface area contributed by atoms with Gasteiger partial charge in [0, 0.05) is 6.42 Å². The van der Waals surface area contributed by atoms with Crippen LogP contribution < -0.4 is 5.32 Å². The monoisotopic (exact) mass is 1060 g/mol. The van der Waals surface area contributed by atoms with Gasteiger partial charge in [-0.25, -0.2) is 0 Å². The van der Waals surface area contributed by atoms with Crippen molar-refractivity contribution in [2.45, 2.75) is 294 Å². The fraction of sp³-hybridized carbons (Fsp3) is 0.716. The molecule has 7 unspecified atom stereocenters. The summed E-state index contributed by atoms with van der Waals surface area (Å²) in [5.41, 5.74) is 0. The molecular weight excluding hydrogens is 947 g/mol. The predicted molar refractivity (Wildman–Crippen MR) is 322 cm³/mol. The lowest BCUT2D eigenvalue weighted by Crippen LogP contribution is -2.60. The number of amides is 1. The summed E-state index contributed by atoms with van der Waals surface area (Å²) in [5.74, 6) is -0.218. The van der Waals surface area contributed by atoms with E-state index < -0.39 is 49.5 Å². The first-order valence-electron chi connectivity index (χ1n) is 31.1. The molecule has 7 atom stereocenters. The second-order valence-corrected chi connectivity index (χ2v) is 21.1. The molecule has 0 aromatic heterocycles. The zero-order chi connectivity index (χ0) is 55.0. The number of hydrogen-bond donors (Lipinski definition) is 6. The van der Waals surface area contributed by atoms with E-state index in [4.69, 9.17) is 9.47 Å². The zero-order valence-corrected chi connectivity index (χ0v) is 48.5. The average Bonchev–Trinajstić information content (AvgIpc) is 3.42. The van der Waals surface area contributed by atoms with Gasteiger partial charge in [0.1, 0.15) is 24.4 Å². The second kappa shape index (κ2) is 55.2. The van der Waals surface area contributed by atoms with Crippen LogP contribution in [-0.2, 0) is 14.3 Å². The molecule has 1 aliphatic heterocycles. The number of hydrogen-bond acceptors (Lipinski definition) is 8. The molecule has 0 radical (unpaired) electrons. The molecule has 1 fully saturated rings. The molecule has 0 saturated carbocycles. The number of carbonyl (C=O) groups excluding carboxylic acids is 1. The molecular formula is C67H115NO8. The lowest BCUT2D eigenvalue weighted by molar-refractivity contribution is -0.302. The van der Waals surface area contributed by atoms with E-state index in [2.05, 4.69) is 116 Å². The van der Waals surface area contributed by atoms with Crippen LogP contribution in [0.5, 0.6) is 0 Å². The lowest BCUT2D eigenvalue weighted by atomic mass is 9.99. The fourth-order valence-corrected chi connectivity index (χ4v) is 9.19. The normalized spacial score (nSPS) is 19.6.